The van der Waals surface area contributed by atoms with Crippen LogP contribution in [0, 0.1) is 0 Å². The van der Waals surface area contributed by atoms with Crippen molar-refractivity contribution in [1.29, 1.82) is 0 Å². The summed E-state index contributed by atoms with van der Waals surface area (Å²) in [5, 5.41) is 6.59. The quantitative estimate of drug-likeness (QED) is 0.562. The van der Waals surface area contributed by atoms with Crippen molar-refractivity contribution in [3.05, 3.63) is 53.7 Å². The van der Waals surface area contributed by atoms with Gasteiger partial charge in [0.05, 0.1) is 12.7 Å². The number of benzene rings is 1. The Hall–Kier alpha value is -2.76. The van der Waals surface area contributed by atoms with Gasteiger partial charge in [0.15, 0.2) is 5.96 Å². The Labute approximate surface area is 155 Å². The second-order valence-corrected chi connectivity index (χ2v) is 5.99. The van der Waals surface area contributed by atoms with Crippen LogP contribution in [0.1, 0.15) is 31.9 Å². The number of rotatable bonds is 8. The van der Waals surface area contributed by atoms with Crippen molar-refractivity contribution in [2.75, 3.05) is 13.7 Å². The fourth-order valence-electron chi connectivity index (χ4n) is 2.36. The van der Waals surface area contributed by atoms with E-state index in [0.29, 0.717) is 25.6 Å². The molecule has 0 fully saturated rings. The maximum atomic E-state index is 5.65. The van der Waals surface area contributed by atoms with Crippen LogP contribution in [0.2, 0.25) is 0 Å². The van der Waals surface area contributed by atoms with Crippen molar-refractivity contribution >= 4 is 5.96 Å². The molecule has 2 rings (SSSR count). The number of nitrogens with one attached hydrogen (secondary N) is 2. The molecular formula is C20H28N4O2. The number of para-hydroxylation sites is 1. The van der Waals surface area contributed by atoms with E-state index in [4.69, 9.17) is 9.47 Å². The first-order valence-corrected chi connectivity index (χ1v) is 8.89. The summed E-state index contributed by atoms with van der Waals surface area (Å²) in [6.45, 7) is 7.85. The zero-order chi connectivity index (χ0) is 18.8. The van der Waals surface area contributed by atoms with Crippen LogP contribution in [0.3, 0.4) is 0 Å². The van der Waals surface area contributed by atoms with E-state index >= 15 is 0 Å². The van der Waals surface area contributed by atoms with Gasteiger partial charge in [-0.1, -0.05) is 24.3 Å². The maximum absolute atomic E-state index is 5.65. The molecule has 140 valence electrons. The number of aliphatic imine (C=N–C) groups is 1. The van der Waals surface area contributed by atoms with E-state index in [0.717, 1.165) is 22.8 Å². The largest absolute Gasteiger partial charge is 0.494 e. The minimum absolute atomic E-state index is 0.120. The minimum atomic E-state index is 0.120. The highest BCUT2D eigenvalue weighted by Crippen LogP contribution is 2.17. The van der Waals surface area contributed by atoms with Gasteiger partial charge in [0.1, 0.15) is 5.75 Å². The number of nitrogens with zero attached hydrogens (tertiary/aromatic N) is 2. The Balaban J connectivity index is 1.86. The third kappa shape index (κ3) is 6.27. The monoisotopic (exact) mass is 356 g/mol. The van der Waals surface area contributed by atoms with Gasteiger partial charge in [0, 0.05) is 38.0 Å². The van der Waals surface area contributed by atoms with E-state index in [9.17, 15) is 0 Å². The number of ether oxygens (including phenoxy) is 2. The lowest BCUT2D eigenvalue weighted by molar-refractivity contribution is 0.232. The SMILES string of the molecule is CCOc1ccccc1CNC(=NC)NCc1ccc(OC(C)C)nc1. The molecule has 0 unspecified atom stereocenters. The number of hydrogen-bond donors (Lipinski definition) is 2. The van der Waals surface area contributed by atoms with E-state index in [2.05, 4.69) is 20.6 Å². The van der Waals surface area contributed by atoms with Crippen molar-refractivity contribution in [2.45, 2.75) is 40.0 Å². The Morgan fingerprint density at radius 1 is 1.12 bits per heavy atom. The highest BCUT2D eigenvalue weighted by Gasteiger charge is 2.05. The van der Waals surface area contributed by atoms with Crippen molar-refractivity contribution in [3.8, 4) is 11.6 Å². The lowest BCUT2D eigenvalue weighted by Crippen LogP contribution is -2.36. The number of guanidine groups is 1. The summed E-state index contributed by atoms with van der Waals surface area (Å²) in [6, 6.07) is 11.9. The summed E-state index contributed by atoms with van der Waals surface area (Å²) in [4.78, 5) is 8.57. The fourth-order valence-corrected chi connectivity index (χ4v) is 2.36. The summed E-state index contributed by atoms with van der Waals surface area (Å²) >= 11 is 0. The first-order chi connectivity index (χ1) is 12.6. The molecule has 0 bridgehead atoms. The van der Waals surface area contributed by atoms with Crippen LogP contribution in [0.5, 0.6) is 11.6 Å². The van der Waals surface area contributed by atoms with Gasteiger partial charge in [0.25, 0.3) is 0 Å². The molecule has 0 spiro atoms. The zero-order valence-corrected chi connectivity index (χ0v) is 16.0. The van der Waals surface area contributed by atoms with Crippen LogP contribution in [-0.4, -0.2) is 30.7 Å². The molecule has 1 aromatic heterocycles. The second kappa shape index (κ2) is 10.3. The Morgan fingerprint density at radius 2 is 1.88 bits per heavy atom. The molecule has 2 N–H and O–H groups in total. The van der Waals surface area contributed by atoms with Gasteiger partial charge in [-0.25, -0.2) is 4.98 Å². The third-order valence-corrected chi connectivity index (χ3v) is 3.56. The maximum Gasteiger partial charge on any atom is 0.213 e. The molecule has 0 aliphatic carbocycles. The summed E-state index contributed by atoms with van der Waals surface area (Å²) in [5.41, 5.74) is 2.15. The van der Waals surface area contributed by atoms with Crippen molar-refractivity contribution < 1.29 is 9.47 Å². The molecule has 6 nitrogen and oxygen atoms in total. The lowest BCUT2D eigenvalue weighted by atomic mass is 10.2. The highest BCUT2D eigenvalue weighted by atomic mass is 16.5. The predicted molar refractivity (Wildman–Crippen MR) is 105 cm³/mol. The summed E-state index contributed by atoms with van der Waals surface area (Å²) in [7, 11) is 1.75. The Morgan fingerprint density at radius 3 is 2.54 bits per heavy atom. The summed E-state index contributed by atoms with van der Waals surface area (Å²) < 4.78 is 11.2. The molecule has 0 saturated heterocycles. The minimum Gasteiger partial charge on any atom is -0.494 e. The van der Waals surface area contributed by atoms with Crippen molar-refractivity contribution in [2.24, 2.45) is 4.99 Å². The molecule has 26 heavy (non-hydrogen) atoms. The van der Waals surface area contributed by atoms with Crippen LogP contribution in [-0.2, 0) is 13.1 Å². The van der Waals surface area contributed by atoms with E-state index in [1.807, 2.05) is 63.4 Å². The molecule has 1 aromatic carbocycles. The van der Waals surface area contributed by atoms with Gasteiger partial charge in [0.2, 0.25) is 5.88 Å². The zero-order valence-electron chi connectivity index (χ0n) is 16.0. The molecule has 6 heteroatoms. The van der Waals surface area contributed by atoms with Crippen LogP contribution < -0.4 is 20.1 Å². The second-order valence-electron chi connectivity index (χ2n) is 5.99. The number of pyridine rings is 1. The lowest BCUT2D eigenvalue weighted by Gasteiger charge is -2.14. The van der Waals surface area contributed by atoms with Gasteiger partial charge < -0.3 is 20.1 Å². The average Bonchev–Trinajstić information content (AvgIpc) is 2.64. The van der Waals surface area contributed by atoms with Crippen molar-refractivity contribution in [3.63, 3.8) is 0 Å². The van der Waals surface area contributed by atoms with E-state index in [1.54, 1.807) is 7.05 Å². The smallest absolute Gasteiger partial charge is 0.213 e. The first-order valence-electron chi connectivity index (χ1n) is 8.89. The topological polar surface area (TPSA) is 67.8 Å². The van der Waals surface area contributed by atoms with Crippen molar-refractivity contribution in [1.82, 2.24) is 15.6 Å². The molecule has 0 amide bonds. The molecule has 0 radical (unpaired) electrons. The molecule has 0 atom stereocenters. The normalized spacial score (nSPS) is 11.3. The molecule has 1 heterocycles. The van der Waals surface area contributed by atoms with Crippen LogP contribution in [0.4, 0.5) is 0 Å². The highest BCUT2D eigenvalue weighted by molar-refractivity contribution is 5.79. The number of hydrogen-bond acceptors (Lipinski definition) is 4. The number of aromatic nitrogens is 1. The van der Waals surface area contributed by atoms with Gasteiger partial charge in [-0.2, -0.15) is 0 Å². The predicted octanol–water partition coefficient (Wildman–Crippen LogP) is 3.13. The van der Waals surface area contributed by atoms with Gasteiger partial charge >= 0.3 is 0 Å². The van der Waals surface area contributed by atoms with Gasteiger partial charge in [-0.05, 0) is 32.4 Å². The van der Waals surface area contributed by atoms with E-state index in [-0.39, 0.29) is 6.10 Å². The standard InChI is InChI=1S/C20H28N4O2/c1-5-25-18-9-7-6-8-17(18)14-24-20(21-4)23-13-16-10-11-19(22-12-16)26-15(2)3/h6-12,15H,5,13-14H2,1-4H3,(H2,21,23,24). The van der Waals surface area contributed by atoms with Crippen LogP contribution >= 0.6 is 0 Å². The molecule has 2 aromatic rings. The van der Waals surface area contributed by atoms with Crippen LogP contribution in [0.25, 0.3) is 0 Å². The Bertz CT molecular complexity index is 699. The summed E-state index contributed by atoms with van der Waals surface area (Å²) in [5.74, 6) is 2.25. The molecule has 0 saturated carbocycles. The summed E-state index contributed by atoms with van der Waals surface area (Å²) in [6.07, 6.45) is 1.93. The Kier molecular flexibility index (Phi) is 7.74. The van der Waals surface area contributed by atoms with Gasteiger partial charge in [-0.3, -0.25) is 4.99 Å². The molecular weight excluding hydrogens is 328 g/mol. The first kappa shape index (κ1) is 19.6. The average molecular weight is 356 g/mol. The third-order valence-electron chi connectivity index (χ3n) is 3.56. The van der Waals surface area contributed by atoms with Gasteiger partial charge in [-0.15, -0.1) is 0 Å². The molecule has 0 aliphatic heterocycles. The fraction of sp³-hybridized carbons (Fsp3) is 0.400. The molecule has 0 aliphatic rings. The van der Waals surface area contributed by atoms with Crippen LogP contribution in [0.15, 0.2) is 47.6 Å². The van der Waals surface area contributed by atoms with E-state index in [1.165, 1.54) is 0 Å². The van der Waals surface area contributed by atoms with E-state index < -0.39 is 0 Å².